The van der Waals surface area contributed by atoms with E-state index in [1.54, 1.807) is 31.0 Å². The summed E-state index contributed by atoms with van der Waals surface area (Å²) in [6, 6.07) is 13.5. The van der Waals surface area contributed by atoms with Crippen molar-refractivity contribution in [1.82, 2.24) is 19.9 Å². The van der Waals surface area contributed by atoms with Crippen molar-refractivity contribution in [1.29, 1.82) is 0 Å². The fourth-order valence-corrected chi connectivity index (χ4v) is 3.28. The largest absolute Gasteiger partial charge is 0.324 e. The molecule has 0 spiro atoms. The number of nitrogens with zero attached hydrogens (tertiary/aromatic N) is 4. The van der Waals surface area contributed by atoms with Gasteiger partial charge >= 0.3 is 0 Å². The summed E-state index contributed by atoms with van der Waals surface area (Å²) in [6.45, 7) is 3.96. The Labute approximate surface area is 175 Å². The lowest BCUT2D eigenvalue weighted by Crippen LogP contribution is -2.15. The lowest BCUT2D eigenvalue weighted by atomic mass is 10.0. The highest BCUT2D eigenvalue weighted by molar-refractivity contribution is 5.92. The minimum absolute atomic E-state index is 0.109. The molecule has 0 aliphatic rings. The van der Waals surface area contributed by atoms with Crippen molar-refractivity contribution >= 4 is 11.6 Å². The molecule has 6 nitrogen and oxygen atoms in total. The summed E-state index contributed by atoms with van der Waals surface area (Å²) in [5.74, 6) is -0.109. The summed E-state index contributed by atoms with van der Waals surface area (Å²) in [5, 5.41) is 2.89. The van der Waals surface area contributed by atoms with Gasteiger partial charge in [-0.15, -0.1) is 0 Å². The Kier molecular flexibility index (Phi) is 5.57. The van der Waals surface area contributed by atoms with Gasteiger partial charge in [-0.05, 0) is 61.4 Å². The van der Waals surface area contributed by atoms with Crippen LogP contribution in [0.15, 0.2) is 73.4 Å². The Hall–Kier alpha value is -3.93. The number of pyridine rings is 4. The van der Waals surface area contributed by atoms with E-state index < -0.39 is 0 Å². The molecular formula is C24H21N5O. The molecule has 0 radical (unpaired) electrons. The molecule has 4 heterocycles. The molecule has 30 heavy (non-hydrogen) atoms. The van der Waals surface area contributed by atoms with Crippen molar-refractivity contribution in [2.24, 2.45) is 0 Å². The van der Waals surface area contributed by atoms with Crippen molar-refractivity contribution in [3.63, 3.8) is 0 Å². The lowest BCUT2D eigenvalue weighted by molar-refractivity contribution is -0.115. The van der Waals surface area contributed by atoms with E-state index in [0.717, 1.165) is 39.3 Å². The molecule has 1 amide bonds. The highest BCUT2D eigenvalue weighted by atomic mass is 16.1. The fourth-order valence-electron chi connectivity index (χ4n) is 3.28. The predicted molar refractivity (Wildman–Crippen MR) is 117 cm³/mol. The number of carbonyl (C=O) groups is 1. The van der Waals surface area contributed by atoms with E-state index in [0.29, 0.717) is 5.69 Å². The van der Waals surface area contributed by atoms with Gasteiger partial charge in [0.25, 0.3) is 0 Å². The Morgan fingerprint density at radius 1 is 0.867 bits per heavy atom. The van der Waals surface area contributed by atoms with Crippen LogP contribution in [-0.2, 0) is 11.2 Å². The van der Waals surface area contributed by atoms with Crippen LogP contribution in [0.5, 0.6) is 0 Å². The Bertz CT molecular complexity index is 1170. The van der Waals surface area contributed by atoms with Crippen LogP contribution in [0.3, 0.4) is 0 Å². The van der Waals surface area contributed by atoms with E-state index in [1.165, 1.54) is 0 Å². The normalized spacial score (nSPS) is 10.6. The maximum absolute atomic E-state index is 12.5. The first kappa shape index (κ1) is 19.4. The number of hydrogen-bond donors (Lipinski definition) is 1. The van der Waals surface area contributed by atoms with Gasteiger partial charge in [0.05, 0.1) is 29.7 Å². The van der Waals surface area contributed by atoms with E-state index in [-0.39, 0.29) is 12.3 Å². The Morgan fingerprint density at radius 2 is 1.67 bits per heavy atom. The second-order valence-corrected chi connectivity index (χ2v) is 7.09. The topological polar surface area (TPSA) is 80.7 Å². The highest BCUT2D eigenvalue weighted by Gasteiger charge is 2.09. The molecule has 0 saturated heterocycles. The number of anilines is 1. The fraction of sp³-hybridized carbons (Fsp3) is 0.125. The lowest BCUT2D eigenvalue weighted by Gasteiger charge is -2.09. The molecule has 0 fully saturated rings. The van der Waals surface area contributed by atoms with Crippen LogP contribution in [0, 0.1) is 13.8 Å². The zero-order chi connectivity index (χ0) is 20.9. The number of rotatable bonds is 5. The molecule has 4 aromatic heterocycles. The SMILES string of the molecule is Cc1cc(-c2ncc(CC(=O)Nc3ccc(-c4ccncc4)nc3)cc2C)ccn1. The second-order valence-electron chi connectivity index (χ2n) is 7.09. The third-order valence-electron chi connectivity index (χ3n) is 4.69. The van der Waals surface area contributed by atoms with Crippen molar-refractivity contribution < 1.29 is 4.79 Å². The first-order valence-corrected chi connectivity index (χ1v) is 9.63. The summed E-state index contributed by atoms with van der Waals surface area (Å²) in [4.78, 5) is 29.7. The summed E-state index contributed by atoms with van der Waals surface area (Å²) in [6.07, 6.45) is 8.89. The summed E-state index contributed by atoms with van der Waals surface area (Å²) in [5.41, 5.74) is 7.23. The van der Waals surface area contributed by atoms with Crippen LogP contribution in [0.2, 0.25) is 0 Å². The summed E-state index contributed by atoms with van der Waals surface area (Å²) < 4.78 is 0. The van der Waals surface area contributed by atoms with E-state index in [1.807, 2.05) is 56.3 Å². The van der Waals surface area contributed by atoms with Gasteiger partial charge in [0.1, 0.15) is 0 Å². The van der Waals surface area contributed by atoms with Crippen molar-refractivity contribution in [2.45, 2.75) is 20.3 Å². The molecule has 1 N–H and O–H groups in total. The molecule has 0 aliphatic carbocycles. The molecular weight excluding hydrogens is 374 g/mol. The molecule has 0 aromatic carbocycles. The molecule has 0 saturated carbocycles. The average molecular weight is 395 g/mol. The van der Waals surface area contributed by atoms with Gasteiger partial charge < -0.3 is 5.32 Å². The van der Waals surface area contributed by atoms with E-state index >= 15 is 0 Å². The minimum atomic E-state index is -0.109. The van der Waals surface area contributed by atoms with Gasteiger partial charge in [0, 0.05) is 41.6 Å². The van der Waals surface area contributed by atoms with Crippen LogP contribution in [0.4, 0.5) is 5.69 Å². The first-order valence-electron chi connectivity index (χ1n) is 9.63. The summed E-state index contributed by atoms with van der Waals surface area (Å²) >= 11 is 0. The van der Waals surface area contributed by atoms with E-state index in [2.05, 4.69) is 25.3 Å². The molecule has 0 atom stereocenters. The van der Waals surface area contributed by atoms with Crippen LogP contribution >= 0.6 is 0 Å². The third kappa shape index (κ3) is 4.55. The van der Waals surface area contributed by atoms with Gasteiger partial charge in [-0.3, -0.25) is 24.7 Å². The van der Waals surface area contributed by atoms with Crippen LogP contribution < -0.4 is 5.32 Å². The summed E-state index contributed by atoms with van der Waals surface area (Å²) in [7, 11) is 0. The second kappa shape index (κ2) is 8.61. The number of carbonyl (C=O) groups excluding carboxylic acids is 1. The first-order chi connectivity index (χ1) is 14.6. The monoisotopic (exact) mass is 395 g/mol. The highest BCUT2D eigenvalue weighted by Crippen LogP contribution is 2.22. The molecule has 148 valence electrons. The average Bonchev–Trinajstić information content (AvgIpc) is 2.75. The Morgan fingerprint density at radius 3 is 2.37 bits per heavy atom. The van der Waals surface area contributed by atoms with E-state index in [4.69, 9.17) is 0 Å². The quantitative estimate of drug-likeness (QED) is 0.542. The van der Waals surface area contributed by atoms with Crippen molar-refractivity contribution in [3.05, 3.63) is 90.3 Å². The standard InChI is InChI=1S/C24H21N5O/c1-16-11-18(14-28-24(16)20-7-10-26-17(2)12-20)13-23(30)29-21-3-4-22(27-15-21)19-5-8-25-9-6-19/h3-12,14-15H,13H2,1-2H3,(H,29,30). The van der Waals surface area contributed by atoms with Gasteiger partial charge in [0.2, 0.25) is 5.91 Å². The zero-order valence-electron chi connectivity index (χ0n) is 16.8. The van der Waals surface area contributed by atoms with Gasteiger partial charge in [-0.25, -0.2) is 0 Å². The third-order valence-corrected chi connectivity index (χ3v) is 4.69. The molecule has 0 aliphatic heterocycles. The molecule has 4 aromatic rings. The number of hydrogen-bond acceptors (Lipinski definition) is 5. The van der Waals surface area contributed by atoms with Crippen molar-refractivity contribution in [2.75, 3.05) is 5.32 Å². The minimum Gasteiger partial charge on any atom is -0.324 e. The maximum Gasteiger partial charge on any atom is 0.228 e. The number of amides is 1. The smallest absolute Gasteiger partial charge is 0.228 e. The number of nitrogens with one attached hydrogen (secondary N) is 1. The van der Waals surface area contributed by atoms with Crippen LogP contribution in [0.25, 0.3) is 22.5 Å². The number of aromatic nitrogens is 4. The maximum atomic E-state index is 12.5. The van der Waals surface area contributed by atoms with Crippen LogP contribution in [0.1, 0.15) is 16.8 Å². The molecule has 0 bridgehead atoms. The molecule has 0 unspecified atom stereocenters. The van der Waals surface area contributed by atoms with Gasteiger partial charge in [-0.1, -0.05) is 6.07 Å². The number of aryl methyl sites for hydroxylation is 2. The van der Waals surface area contributed by atoms with Gasteiger partial charge in [0.15, 0.2) is 0 Å². The zero-order valence-corrected chi connectivity index (χ0v) is 16.8. The van der Waals surface area contributed by atoms with Crippen molar-refractivity contribution in [3.8, 4) is 22.5 Å². The molecule has 6 heteroatoms. The molecule has 4 rings (SSSR count). The van der Waals surface area contributed by atoms with Crippen LogP contribution in [-0.4, -0.2) is 25.8 Å². The Balaban J connectivity index is 1.42. The predicted octanol–water partition coefficient (Wildman–Crippen LogP) is 4.40. The van der Waals surface area contributed by atoms with E-state index in [9.17, 15) is 4.79 Å². The van der Waals surface area contributed by atoms with Gasteiger partial charge in [-0.2, -0.15) is 0 Å².